The minimum atomic E-state index is -1.48. The molecule has 1 aromatic rings. The van der Waals surface area contributed by atoms with Crippen LogP contribution in [0.3, 0.4) is 0 Å². The third-order valence-electron chi connectivity index (χ3n) is 3.16. The molecular formula is C11H17N3O6. The standard InChI is InChI=1S/C11H17N3O6/c1-14-3-2-6(13-11(14)19)12-10-9(18)8(17)7(16)5(4-15)20-10/h2-3,5,7-10,15-18H,4H2,1H3,(H,12,13,19)/t5-,7-,8+,9-,10?/m1/s1. The first-order valence-corrected chi connectivity index (χ1v) is 6.04. The second-order valence-corrected chi connectivity index (χ2v) is 4.60. The number of aromatic nitrogens is 2. The van der Waals surface area contributed by atoms with Crippen LogP contribution in [-0.2, 0) is 11.8 Å². The largest absolute Gasteiger partial charge is 0.394 e. The molecule has 0 spiro atoms. The third-order valence-corrected chi connectivity index (χ3v) is 3.16. The molecule has 5 atom stereocenters. The zero-order valence-electron chi connectivity index (χ0n) is 10.7. The smallest absolute Gasteiger partial charge is 0.349 e. The van der Waals surface area contributed by atoms with E-state index in [1.165, 1.54) is 23.9 Å². The van der Waals surface area contributed by atoms with Crippen LogP contribution in [0.4, 0.5) is 5.82 Å². The third kappa shape index (κ3) is 2.81. The van der Waals surface area contributed by atoms with Gasteiger partial charge in [-0.3, -0.25) is 0 Å². The maximum atomic E-state index is 11.4. The molecule has 2 rings (SSSR count). The second kappa shape index (κ2) is 5.85. The van der Waals surface area contributed by atoms with Crippen LogP contribution in [0, 0.1) is 0 Å². The zero-order valence-corrected chi connectivity index (χ0v) is 10.7. The van der Waals surface area contributed by atoms with Crippen molar-refractivity contribution in [2.24, 2.45) is 7.05 Å². The predicted octanol–water partition coefficient (Wildman–Crippen LogP) is -3.01. The van der Waals surface area contributed by atoms with Gasteiger partial charge in [-0.05, 0) is 6.07 Å². The number of ether oxygens (including phenoxy) is 1. The van der Waals surface area contributed by atoms with Crippen molar-refractivity contribution in [2.75, 3.05) is 11.9 Å². The van der Waals surface area contributed by atoms with Crippen molar-refractivity contribution < 1.29 is 25.2 Å². The second-order valence-electron chi connectivity index (χ2n) is 4.60. The van der Waals surface area contributed by atoms with E-state index in [-0.39, 0.29) is 5.82 Å². The van der Waals surface area contributed by atoms with Gasteiger partial charge in [-0.1, -0.05) is 0 Å². The maximum absolute atomic E-state index is 11.4. The van der Waals surface area contributed by atoms with Crippen LogP contribution in [0.5, 0.6) is 0 Å². The summed E-state index contributed by atoms with van der Waals surface area (Å²) >= 11 is 0. The van der Waals surface area contributed by atoms with Gasteiger partial charge < -0.3 is 35.0 Å². The van der Waals surface area contributed by atoms with Crippen LogP contribution in [0.25, 0.3) is 0 Å². The Morgan fingerprint density at radius 3 is 2.65 bits per heavy atom. The predicted molar refractivity (Wildman–Crippen MR) is 66.9 cm³/mol. The molecule has 0 aromatic carbocycles. The van der Waals surface area contributed by atoms with Crippen LogP contribution in [0.2, 0.25) is 0 Å². The van der Waals surface area contributed by atoms with E-state index in [2.05, 4.69) is 10.3 Å². The van der Waals surface area contributed by atoms with Crippen molar-refractivity contribution in [3.8, 4) is 0 Å². The Hall–Kier alpha value is -1.52. The number of anilines is 1. The Kier molecular flexibility index (Phi) is 4.35. The van der Waals surface area contributed by atoms with Crippen LogP contribution < -0.4 is 11.0 Å². The number of nitrogens with zero attached hydrogens (tertiary/aromatic N) is 2. The highest BCUT2D eigenvalue weighted by Gasteiger charge is 2.43. The van der Waals surface area contributed by atoms with Crippen molar-refractivity contribution in [1.82, 2.24) is 9.55 Å². The quantitative estimate of drug-likeness (QED) is 0.396. The molecule has 0 bridgehead atoms. The van der Waals surface area contributed by atoms with Crippen LogP contribution >= 0.6 is 0 Å². The molecule has 1 fully saturated rings. The van der Waals surface area contributed by atoms with Gasteiger partial charge in [-0.25, -0.2) is 4.79 Å². The Labute approximate surface area is 114 Å². The average Bonchev–Trinajstić information content (AvgIpc) is 2.43. The van der Waals surface area contributed by atoms with E-state index in [4.69, 9.17) is 9.84 Å². The number of aryl methyl sites for hydroxylation is 1. The lowest BCUT2D eigenvalue weighted by Crippen LogP contribution is -2.60. The summed E-state index contributed by atoms with van der Waals surface area (Å²) in [6.07, 6.45) is -4.99. The van der Waals surface area contributed by atoms with Gasteiger partial charge in [-0.15, -0.1) is 0 Å². The molecule has 0 radical (unpaired) electrons. The molecule has 2 heterocycles. The fraction of sp³-hybridized carbons (Fsp3) is 0.636. The fourth-order valence-electron chi connectivity index (χ4n) is 1.91. The number of aliphatic hydroxyl groups is 4. The summed E-state index contributed by atoms with van der Waals surface area (Å²) in [5.41, 5.74) is -0.500. The van der Waals surface area contributed by atoms with E-state index in [0.717, 1.165) is 0 Å². The van der Waals surface area contributed by atoms with Gasteiger partial charge in [0.1, 0.15) is 30.2 Å². The topological polar surface area (TPSA) is 137 Å². The van der Waals surface area contributed by atoms with Crippen LogP contribution in [0.1, 0.15) is 0 Å². The number of hydrogen-bond acceptors (Lipinski definition) is 8. The van der Waals surface area contributed by atoms with Crippen LogP contribution in [-0.4, -0.2) is 67.2 Å². The normalized spacial score (nSPS) is 34.0. The summed E-state index contributed by atoms with van der Waals surface area (Å²) in [4.78, 5) is 15.1. The van der Waals surface area contributed by atoms with E-state index < -0.39 is 42.9 Å². The SMILES string of the molecule is Cn1ccc(NC2O[C@H](CO)[C@@H](O)[C@H](O)[C@H]2O)nc1=O. The van der Waals surface area contributed by atoms with Crippen molar-refractivity contribution >= 4 is 5.82 Å². The lowest BCUT2D eigenvalue weighted by atomic mass is 9.98. The summed E-state index contributed by atoms with van der Waals surface area (Å²) in [5, 5.41) is 40.8. The minimum Gasteiger partial charge on any atom is -0.394 e. The van der Waals surface area contributed by atoms with Crippen LogP contribution in [0.15, 0.2) is 17.1 Å². The van der Waals surface area contributed by atoms with Gasteiger partial charge in [0, 0.05) is 13.2 Å². The first-order chi connectivity index (χ1) is 9.43. The van der Waals surface area contributed by atoms with Gasteiger partial charge in [0.2, 0.25) is 0 Å². The van der Waals surface area contributed by atoms with E-state index in [9.17, 15) is 20.1 Å². The van der Waals surface area contributed by atoms with E-state index in [1.807, 2.05) is 0 Å². The van der Waals surface area contributed by atoms with Crippen molar-refractivity contribution in [3.63, 3.8) is 0 Å². The Morgan fingerprint density at radius 1 is 1.35 bits per heavy atom. The molecule has 0 aliphatic carbocycles. The summed E-state index contributed by atoms with van der Waals surface area (Å²) in [7, 11) is 1.53. The monoisotopic (exact) mass is 287 g/mol. The highest BCUT2D eigenvalue weighted by molar-refractivity contribution is 5.33. The average molecular weight is 287 g/mol. The molecule has 9 heteroatoms. The molecule has 112 valence electrons. The molecule has 9 nitrogen and oxygen atoms in total. The molecule has 20 heavy (non-hydrogen) atoms. The summed E-state index contributed by atoms with van der Waals surface area (Å²) in [5.74, 6) is 0.150. The van der Waals surface area contributed by atoms with Gasteiger partial charge in [0.15, 0.2) is 6.23 Å². The first kappa shape index (κ1) is 14.9. The maximum Gasteiger partial charge on any atom is 0.349 e. The Bertz CT molecular complexity index is 519. The summed E-state index contributed by atoms with van der Waals surface area (Å²) < 4.78 is 6.50. The molecule has 1 saturated heterocycles. The Balaban J connectivity index is 2.15. The van der Waals surface area contributed by atoms with Crippen molar-refractivity contribution in [2.45, 2.75) is 30.6 Å². The molecular weight excluding hydrogens is 270 g/mol. The Morgan fingerprint density at radius 2 is 2.05 bits per heavy atom. The molecule has 1 aliphatic rings. The molecule has 1 aromatic heterocycles. The molecule has 0 saturated carbocycles. The summed E-state index contributed by atoms with van der Waals surface area (Å²) in [6, 6.07) is 1.49. The zero-order chi connectivity index (χ0) is 14.9. The van der Waals surface area contributed by atoms with E-state index in [1.54, 1.807) is 0 Å². The summed E-state index contributed by atoms with van der Waals surface area (Å²) in [6.45, 7) is -0.521. The van der Waals surface area contributed by atoms with Gasteiger partial charge in [0.25, 0.3) is 0 Å². The highest BCUT2D eigenvalue weighted by Crippen LogP contribution is 2.21. The van der Waals surface area contributed by atoms with Gasteiger partial charge >= 0.3 is 5.69 Å². The molecule has 1 unspecified atom stereocenters. The highest BCUT2D eigenvalue weighted by atomic mass is 16.6. The molecule has 5 N–H and O–H groups in total. The number of rotatable bonds is 3. The lowest BCUT2D eigenvalue weighted by Gasteiger charge is -2.40. The van der Waals surface area contributed by atoms with Crippen molar-refractivity contribution in [1.29, 1.82) is 0 Å². The van der Waals surface area contributed by atoms with Gasteiger partial charge in [0.05, 0.1) is 6.61 Å². The number of aliphatic hydroxyl groups excluding tert-OH is 4. The number of nitrogens with one attached hydrogen (secondary N) is 1. The number of hydrogen-bond donors (Lipinski definition) is 5. The van der Waals surface area contributed by atoms with E-state index in [0.29, 0.717) is 0 Å². The minimum absolute atomic E-state index is 0.150. The molecule has 1 aliphatic heterocycles. The van der Waals surface area contributed by atoms with E-state index >= 15 is 0 Å². The van der Waals surface area contributed by atoms with Crippen molar-refractivity contribution in [3.05, 3.63) is 22.7 Å². The lowest BCUT2D eigenvalue weighted by molar-refractivity contribution is -0.221. The first-order valence-electron chi connectivity index (χ1n) is 6.04. The molecule has 0 amide bonds. The fourth-order valence-corrected chi connectivity index (χ4v) is 1.91. The van der Waals surface area contributed by atoms with Gasteiger partial charge in [-0.2, -0.15) is 4.98 Å².